The molecule has 1 unspecified atom stereocenters. The summed E-state index contributed by atoms with van der Waals surface area (Å²) in [7, 11) is 0. The summed E-state index contributed by atoms with van der Waals surface area (Å²) in [5.41, 5.74) is 6.10. The molecule has 0 fully saturated rings. The van der Waals surface area contributed by atoms with E-state index >= 15 is 0 Å². The SMILES string of the molecule is CCCCCCCCC(N)CSC(C)(C)C. The third-order valence-corrected chi connectivity index (χ3v) is 4.12. The number of rotatable bonds is 9. The Bertz CT molecular complexity index is 151. The zero-order valence-corrected chi connectivity index (χ0v) is 12.5. The van der Waals surface area contributed by atoms with Crippen LogP contribution in [0.4, 0.5) is 0 Å². The fraction of sp³-hybridized carbons (Fsp3) is 1.00. The minimum absolute atomic E-state index is 0.360. The van der Waals surface area contributed by atoms with Crippen LogP contribution in [0.1, 0.15) is 72.6 Å². The van der Waals surface area contributed by atoms with Crippen LogP contribution in [0.3, 0.4) is 0 Å². The summed E-state index contributed by atoms with van der Waals surface area (Å²) in [5.74, 6) is 1.11. The highest BCUT2D eigenvalue weighted by Crippen LogP contribution is 2.24. The molecular weight excluding hydrogens is 214 g/mol. The van der Waals surface area contributed by atoms with Gasteiger partial charge >= 0.3 is 0 Å². The first kappa shape index (κ1) is 16.3. The van der Waals surface area contributed by atoms with Crippen LogP contribution in [-0.4, -0.2) is 16.5 Å². The average Bonchev–Trinajstić information content (AvgIpc) is 2.19. The molecule has 0 heterocycles. The molecule has 0 aliphatic carbocycles. The minimum atomic E-state index is 0.360. The van der Waals surface area contributed by atoms with Crippen molar-refractivity contribution in [2.24, 2.45) is 5.73 Å². The van der Waals surface area contributed by atoms with Crippen molar-refractivity contribution in [2.75, 3.05) is 5.75 Å². The van der Waals surface area contributed by atoms with Crippen LogP contribution in [-0.2, 0) is 0 Å². The molecule has 0 radical (unpaired) electrons. The second kappa shape index (κ2) is 9.35. The van der Waals surface area contributed by atoms with Gasteiger partial charge in [0.05, 0.1) is 0 Å². The van der Waals surface area contributed by atoms with E-state index in [4.69, 9.17) is 5.73 Å². The molecule has 16 heavy (non-hydrogen) atoms. The number of hydrogen-bond donors (Lipinski definition) is 1. The highest BCUT2D eigenvalue weighted by molar-refractivity contribution is 8.00. The van der Waals surface area contributed by atoms with E-state index in [9.17, 15) is 0 Å². The Morgan fingerprint density at radius 1 is 1.00 bits per heavy atom. The molecule has 0 bridgehead atoms. The van der Waals surface area contributed by atoms with Crippen LogP contribution in [0.2, 0.25) is 0 Å². The maximum Gasteiger partial charge on any atom is 0.0130 e. The molecule has 2 N–H and O–H groups in total. The van der Waals surface area contributed by atoms with Crippen molar-refractivity contribution in [3.05, 3.63) is 0 Å². The Morgan fingerprint density at radius 3 is 2.12 bits per heavy atom. The Hall–Kier alpha value is 0.310. The van der Waals surface area contributed by atoms with E-state index in [1.54, 1.807) is 0 Å². The van der Waals surface area contributed by atoms with Crippen LogP contribution < -0.4 is 5.73 Å². The monoisotopic (exact) mass is 245 g/mol. The first-order valence-corrected chi connectivity index (χ1v) is 7.84. The van der Waals surface area contributed by atoms with E-state index in [0.29, 0.717) is 10.8 Å². The van der Waals surface area contributed by atoms with Crippen molar-refractivity contribution in [2.45, 2.75) is 83.4 Å². The summed E-state index contributed by atoms with van der Waals surface area (Å²) in [6.07, 6.45) is 9.42. The van der Waals surface area contributed by atoms with Gasteiger partial charge in [0.25, 0.3) is 0 Å². The molecule has 0 saturated heterocycles. The molecule has 0 aliphatic heterocycles. The lowest BCUT2D eigenvalue weighted by Crippen LogP contribution is -2.25. The van der Waals surface area contributed by atoms with E-state index < -0.39 is 0 Å². The van der Waals surface area contributed by atoms with Crippen LogP contribution in [0.15, 0.2) is 0 Å². The van der Waals surface area contributed by atoms with Gasteiger partial charge in [-0.3, -0.25) is 0 Å². The highest BCUT2D eigenvalue weighted by atomic mass is 32.2. The van der Waals surface area contributed by atoms with Gasteiger partial charge in [0.1, 0.15) is 0 Å². The molecule has 2 heteroatoms. The number of hydrogen-bond acceptors (Lipinski definition) is 2. The molecule has 0 amide bonds. The predicted octanol–water partition coefficient (Wildman–Crippen LogP) is 4.60. The lowest BCUT2D eigenvalue weighted by molar-refractivity contribution is 0.556. The predicted molar refractivity (Wildman–Crippen MR) is 78.2 cm³/mol. The number of thioether (sulfide) groups is 1. The molecule has 0 rings (SSSR count). The Labute approximate surface area is 107 Å². The molecular formula is C14H31NS. The summed E-state index contributed by atoms with van der Waals surface area (Å²) in [5, 5.41) is 0. The van der Waals surface area contributed by atoms with Gasteiger partial charge in [0.2, 0.25) is 0 Å². The largest absolute Gasteiger partial charge is 0.327 e. The molecule has 0 aromatic heterocycles. The van der Waals surface area contributed by atoms with Gasteiger partial charge in [-0.25, -0.2) is 0 Å². The Morgan fingerprint density at radius 2 is 1.56 bits per heavy atom. The number of unbranched alkanes of at least 4 members (excludes halogenated alkanes) is 5. The topological polar surface area (TPSA) is 26.0 Å². The van der Waals surface area contributed by atoms with E-state index in [1.807, 2.05) is 11.8 Å². The maximum atomic E-state index is 6.10. The van der Waals surface area contributed by atoms with Crippen molar-refractivity contribution >= 4 is 11.8 Å². The third kappa shape index (κ3) is 12.4. The summed E-state index contributed by atoms with van der Waals surface area (Å²) >= 11 is 1.99. The van der Waals surface area contributed by atoms with Gasteiger partial charge in [0, 0.05) is 16.5 Å². The third-order valence-electron chi connectivity index (χ3n) is 2.66. The van der Waals surface area contributed by atoms with Crippen LogP contribution in [0.5, 0.6) is 0 Å². The van der Waals surface area contributed by atoms with Gasteiger partial charge in [0.15, 0.2) is 0 Å². The number of nitrogens with two attached hydrogens (primary N) is 1. The summed E-state index contributed by atoms with van der Waals surface area (Å²) in [6, 6.07) is 0.399. The van der Waals surface area contributed by atoms with Gasteiger partial charge in [-0.15, -0.1) is 0 Å². The smallest absolute Gasteiger partial charge is 0.0130 e. The molecule has 0 aliphatic rings. The highest BCUT2D eigenvalue weighted by Gasteiger charge is 2.12. The summed E-state index contributed by atoms with van der Waals surface area (Å²) in [6.45, 7) is 9.04. The molecule has 0 saturated carbocycles. The first-order valence-electron chi connectivity index (χ1n) is 6.85. The summed E-state index contributed by atoms with van der Waals surface area (Å²) < 4.78 is 0.360. The lowest BCUT2D eigenvalue weighted by Gasteiger charge is -2.20. The van der Waals surface area contributed by atoms with Crippen LogP contribution in [0.25, 0.3) is 0 Å². The molecule has 1 nitrogen and oxygen atoms in total. The van der Waals surface area contributed by atoms with Crippen LogP contribution in [0, 0.1) is 0 Å². The first-order chi connectivity index (χ1) is 7.45. The standard InChI is InChI=1S/C14H31NS/c1-5-6-7-8-9-10-11-13(15)12-16-14(2,3)4/h13H,5-12,15H2,1-4H3. The second-order valence-electron chi connectivity index (χ2n) is 5.74. The Balaban J connectivity index is 3.27. The fourth-order valence-corrected chi connectivity index (χ4v) is 2.51. The normalized spacial score (nSPS) is 14.1. The second-order valence-corrected chi connectivity index (χ2v) is 7.59. The van der Waals surface area contributed by atoms with Crippen molar-refractivity contribution in [1.29, 1.82) is 0 Å². The molecule has 1 atom stereocenters. The van der Waals surface area contributed by atoms with E-state index in [1.165, 1.54) is 44.9 Å². The van der Waals surface area contributed by atoms with E-state index in [0.717, 1.165) is 5.75 Å². The molecule has 0 aromatic rings. The van der Waals surface area contributed by atoms with Crippen molar-refractivity contribution < 1.29 is 0 Å². The summed E-state index contributed by atoms with van der Waals surface area (Å²) in [4.78, 5) is 0. The Kier molecular flexibility index (Phi) is 9.53. The zero-order valence-electron chi connectivity index (χ0n) is 11.7. The molecule has 0 aromatic carbocycles. The van der Waals surface area contributed by atoms with Gasteiger partial charge in [-0.2, -0.15) is 11.8 Å². The van der Waals surface area contributed by atoms with E-state index in [-0.39, 0.29) is 0 Å². The van der Waals surface area contributed by atoms with Crippen molar-refractivity contribution in [3.63, 3.8) is 0 Å². The fourth-order valence-electron chi connectivity index (χ4n) is 1.63. The minimum Gasteiger partial charge on any atom is -0.327 e. The van der Waals surface area contributed by atoms with Gasteiger partial charge < -0.3 is 5.73 Å². The average molecular weight is 245 g/mol. The maximum absolute atomic E-state index is 6.10. The van der Waals surface area contributed by atoms with Gasteiger partial charge in [-0.05, 0) is 6.42 Å². The lowest BCUT2D eigenvalue weighted by atomic mass is 10.1. The van der Waals surface area contributed by atoms with Gasteiger partial charge in [-0.1, -0.05) is 66.2 Å². The molecule has 98 valence electrons. The zero-order chi connectivity index (χ0) is 12.4. The van der Waals surface area contributed by atoms with Crippen molar-refractivity contribution in [3.8, 4) is 0 Å². The van der Waals surface area contributed by atoms with E-state index in [2.05, 4.69) is 27.7 Å². The van der Waals surface area contributed by atoms with Crippen molar-refractivity contribution in [1.82, 2.24) is 0 Å². The quantitative estimate of drug-likeness (QED) is 0.601. The molecule has 0 spiro atoms. The van der Waals surface area contributed by atoms with Crippen LogP contribution >= 0.6 is 11.8 Å².